The number of ether oxygens (including phenoxy) is 2. The number of rotatable bonds is 6. The number of anilines is 1. The standard InChI is InChI=1S/C19H23NO3/c1-13-9-14(2)11-16(10-13)20-19(21)8-5-15-12-17(22-3)6-7-18(15)23-4/h6-7,9-12H,5,8H2,1-4H3,(H,20,21). The van der Waals surface area contributed by atoms with Gasteiger partial charge in [-0.05, 0) is 67.3 Å². The van der Waals surface area contributed by atoms with E-state index in [-0.39, 0.29) is 5.91 Å². The smallest absolute Gasteiger partial charge is 0.224 e. The van der Waals surface area contributed by atoms with Crippen LogP contribution in [0.3, 0.4) is 0 Å². The highest BCUT2D eigenvalue weighted by molar-refractivity contribution is 5.91. The minimum atomic E-state index is -0.0140. The van der Waals surface area contributed by atoms with E-state index in [1.807, 2.05) is 44.2 Å². The van der Waals surface area contributed by atoms with Crippen molar-refractivity contribution >= 4 is 11.6 Å². The third-order valence-corrected chi connectivity index (χ3v) is 3.61. The first-order valence-electron chi connectivity index (χ1n) is 7.61. The number of hydrogen-bond donors (Lipinski definition) is 1. The van der Waals surface area contributed by atoms with Crippen molar-refractivity contribution < 1.29 is 14.3 Å². The summed E-state index contributed by atoms with van der Waals surface area (Å²) < 4.78 is 10.6. The summed E-state index contributed by atoms with van der Waals surface area (Å²) in [5.41, 5.74) is 4.07. The van der Waals surface area contributed by atoms with E-state index in [2.05, 4.69) is 11.4 Å². The van der Waals surface area contributed by atoms with Gasteiger partial charge in [0.15, 0.2) is 0 Å². The normalized spacial score (nSPS) is 10.3. The van der Waals surface area contributed by atoms with Crippen molar-refractivity contribution in [2.75, 3.05) is 19.5 Å². The van der Waals surface area contributed by atoms with Gasteiger partial charge in [-0.15, -0.1) is 0 Å². The molecule has 122 valence electrons. The number of aryl methyl sites for hydroxylation is 3. The van der Waals surface area contributed by atoms with Gasteiger partial charge in [0.1, 0.15) is 11.5 Å². The van der Waals surface area contributed by atoms with E-state index in [9.17, 15) is 4.79 Å². The number of hydrogen-bond acceptors (Lipinski definition) is 3. The maximum Gasteiger partial charge on any atom is 0.224 e. The summed E-state index contributed by atoms with van der Waals surface area (Å²) in [6.45, 7) is 4.04. The molecule has 0 unspecified atom stereocenters. The Balaban J connectivity index is 2.01. The SMILES string of the molecule is COc1ccc(OC)c(CCC(=O)Nc2cc(C)cc(C)c2)c1. The van der Waals surface area contributed by atoms with Gasteiger partial charge in [0.25, 0.3) is 0 Å². The van der Waals surface area contributed by atoms with Crippen LogP contribution < -0.4 is 14.8 Å². The van der Waals surface area contributed by atoms with Crippen LogP contribution >= 0.6 is 0 Å². The van der Waals surface area contributed by atoms with Crippen LogP contribution in [-0.2, 0) is 11.2 Å². The zero-order valence-corrected chi connectivity index (χ0v) is 14.1. The van der Waals surface area contributed by atoms with Crippen molar-refractivity contribution in [1.82, 2.24) is 0 Å². The fraction of sp³-hybridized carbons (Fsp3) is 0.316. The lowest BCUT2D eigenvalue weighted by molar-refractivity contribution is -0.116. The van der Waals surface area contributed by atoms with Gasteiger partial charge in [-0.2, -0.15) is 0 Å². The van der Waals surface area contributed by atoms with Crippen LogP contribution in [0.25, 0.3) is 0 Å². The van der Waals surface area contributed by atoms with Gasteiger partial charge in [-0.25, -0.2) is 0 Å². The van der Waals surface area contributed by atoms with Crippen molar-refractivity contribution in [1.29, 1.82) is 0 Å². The zero-order valence-electron chi connectivity index (χ0n) is 14.1. The average molecular weight is 313 g/mol. The van der Waals surface area contributed by atoms with Gasteiger partial charge in [-0.3, -0.25) is 4.79 Å². The topological polar surface area (TPSA) is 47.6 Å². The Morgan fingerprint density at radius 1 is 1.00 bits per heavy atom. The van der Waals surface area contributed by atoms with E-state index < -0.39 is 0 Å². The summed E-state index contributed by atoms with van der Waals surface area (Å²) in [4.78, 5) is 12.2. The first kappa shape index (κ1) is 16.9. The summed E-state index contributed by atoms with van der Waals surface area (Å²) in [5.74, 6) is 1.51. The summed E-state index contributed by atoms with van der Waals surface area (Å²) in [5, 5.41) is 2.95. The number of amides is 1. The third-order valence-electron chi connectivity index (χ3n) is 3.61. The third kappa shape index (κ3) is 4.74. The minimum Gasteiger partial charge on any atom is -0.497 e. The van der Waals surface area contributed by atoms with E-state index in [1.54, 1.807) is 14.2 Å². The lowest BCUT2D eigenvalue weighted by atomic mass is 10.1. The number of carbonyl (C=O) groups excluding carboxylic acids is 1. The Labute approximate surface area is 137 Å². The van der Waals surface area contributed by atoms with E-state index in [0.717, 1.165) is 33.9 Å². The molecule has 0 aliphatic carbocycles. The lowest BCUT2D eigenvalue weighted by Gasteiger charge is -2.11. The fourth-order valence-electron chi connectivity index (χ4n) is 2.60. The number of benzene rings is 2. The van der Waals surface area contributed by atoms with Crippen molar-refractivity contribution in [3.8, 4) is 11.5 Å². The van der Waals surface area contributed by atoms with Crippen LogP contribution in [0.2, 0.25) is 0 Å². The molecule has 23 heavy (non-hydrogen) atoms. The quantitative estimate of drug-likeness (QED) is 0.880. The van der Waals surface area contributed by atoms with Crippen molar-refractivity contribution in [2.24, 2.45) is 0 Å². The highest BCUT2D eigenvalue weighted by Gasteiger charge is 2.09. The molecule has 0 saturated carbocycles. The van der Waals surface area contributed by atoms with Crippen LogP contribution in [0.1, 0.15) is 23.1 Å². The first-order chi connectivity index (χ1) is 11.0. The second-order valence-electron chi connectivity index (χ2n) is 5.60. The summed E-state index contributed by atoms with van der Waals surface area (Å²) >= 11 is 0. The van der Waals surface area contributed by atoms with Crippen molar-refractivity contribution in [3.63, 3.8) is 0 Å². The highest BCUT2D eigenvalue weighted by atomic mass is 16.5. The molecule has 0 heterocycles. The number of carbonyl (C=O) groups is 1. The molecule has 0 saturated heterocycles. The van der Waals surface area contributed by atoms with Crippen LogP contribution in [0.5, 0.6) is 11.5 Å². The average Bonchev–Trinajstić information content (AvgIpc) is 2.51. The number of methoxy groups -OCH3 is 2. The molecule has 1 amide bonds. The molecule has 4 nitrogen and oxygen atoms in total. The molecule has 0 spiro atoms. The first-order valence-corrected chi connectivity index (χ1v) is 7.61. The Bertz CT molecular complexity index is 675. The van der Waals surface area contributed by atoms with E-state index in [4.69, 9.17) is 9.47 Å². The van der Waals surface area contributed by atoms with Gasteiger partial charge in [-0.1, -0.05) is 6.07 Å². The van der Waals surface area contributed by atoms with E-state index in [0.29, 0.717) is 12.8 Å². The molecule has 0 aromatic heterocycles. The molecule has 4 heteroatoms. The number of nitrogens with one attached hydrogen (secondary N) is 1. The zero-order chi connectivity index (χ0) is 16.8. The van der Waals surface area contributed by atoms with Crippen LogP contribution in [0.4, 0.5) is 5.69 Å². The molecule has 2 aromatic rings. The Hall–Kier alpha value is -2.49. The molecule has 1 N–H and O–H groups in total. The summed E-state index contributed by atoms with van der Waals surface area (Å²) in [7, 11) is 3.25. The van der Waals surface area contributed by atoms with E-state index >= 15 is 0 Å². The minimum absolute atomic E-state index is 0.0140. The molecule has 0 atom stereocenters. The maximum absolute atomic E-state index is 12.2. The van der Waals surface area contributed by atoms with Crippen LogP contribution in [0.15, 0.2) is 36.4 Å². The maximum atomic E-state index is 12.2. The molecular weight excluding hydrogens is 290 g/mol. The summed E-state index contributed by atoms with van der Waals surface area (Å²) in [6.07, 6.45) is 0.980. The predicted molar refractivity (Wildman–Crippen MR) is 92.4 cm³/mol. The van der Waals surface area contributed by atoms with E-state index in [1.165, 1.54) is 0 Å². The summed E-state index contributed by atoms with van der Waals surface area (Å²) in [6, 6.07) is 11.6. The molecule has 0 aliphatic heterocycles. The van der Waals surface area contributed by atoms with Gasteiger partial charge in [0.2, 0.25) is 5.91 Å². The second-order valence-corrected chi connectivity index (χ2v) is 5.60. The molecular formula is C19H23NO3. The second kappa shape index (κ2) is 7.68. The molecule has 2 aromatic carbocycles. The Morgan fingerprint density at radius 3 is 2.30 bits per heavy atom. The van der Waals surface area contributed by atoms with Gasteiger partial charge in [0, 0.05) is 12.1 Å². The van der Waals surface area contributed by atoms with Gasteiger partial charge in [0.05, 0.1) is 14.2 Å². The van der Waals surface area contributed by atoms with Gasteiger partial charge >= 0.3 is 0 Å². The van der Waals surface area contributed by atoms with Crippen LogP contribution in [0, 0.1) is 13.8 Å². The van der Waals surface area contributed by atoms with Crippen molar-refractivity contribution in [2.45, 2.75) is 26.7 Å². The monoisotopic (exact) mass is 313 g/mol. The molecule has 0 aliphatic rings. The van der Waals surface area contributed by atoms with Crippen molar-refractivity contribution in [3.05, 3.63) is 53.1 Å². The predicted octanol–water partition coefficient (Wildman–Crippen LogP) is 3.89. The van der Waals surface area contributed by atoms with Gasteiger partial charge < -0.3 is 14.8 Å². The molecule has 0 bridgehead atoms. The highest BCUT2D eigenvalue weighted by Crippen LogP contribution is 2.25. The molecule has 0 fully saturated rings. The lowest BCUT2D eigenvalue weighted by Crippen LogP contribution is -2.12. The van der Waals surface area contributed by atoms with Crippen LogP contribution in [-0.4, -0.2) is 20.1 Å². The fourth-order valence-corrected chi connectivity index (χ4v) is 2.60. The Kier molecular flexibility index (Phi) is 5.63. The molecule has 2 rings (SSSR count). The Morgan fingerprint density at radius 2 is 1.70 bits per heavy atom. The largest absolute Gasteiger partial charge is 0.497 e. The molecule has 0 radical (unpaired) electrons.